The van der Waals surface area contributed by atoms with E-state index >= 15 is 0 Å². The molecule has 0 aliphatic rings. The number of fused-ring (bicyclic) bond motifs is 6. The highest BCUT2D eigenvalue weighted by Gasteiger charge is 2.09. The second kappa shape index (κ2) is 9.01. The first-order valence-electron chi connectivity index (χ1n) is 12.1. The van der Waals surface area contributed by atoms with Gasteiger partial charge < -0.3 is 0 Å². The molecule has 1 aromatic heterocycles. The van der Waals surface area contributed by atoms with E-state index in [0.29, 0.717) is 0 Å². The Morgan fingerprint density at radius 1 is 0.548 bits per heavy atom. The fraction of sp³-hybridized carbons (Fsp3) is 0.333. The minimum absolute atomic E-state index is 1.19. The van der Waals surface area contributed by atoms with Gasteiger partial charge >= 0.3 is 0 Å². The highest BCUT2D eigenvalue weighted by Crippen LogP contribution is 2.37. The molecule has 158 valence electrons. The van der Waals surface area contributed by atoms with Gasteiger partial charge in [-0.15, -0.1) is 11.3 Å². The van der Waals surface area contributed by atoms with Gasteiger partial charge in [-0.1, -0.05) is 75.9 Å². The first kappa shape index (κ1) is 20.5. The highest BCUT2D eigenvalue weighted by molar-refractivity contribution is 7.19. The average molecular weight is 425 g/mol. The minimum atomic E-state index is 1.19. The van der Waals surface area contributed by atoms with Crippen LogP contribution in [0.5, 0.6) is 0 Å². The molecule has 0 amide bonds. The van der Waals surface area contributed by atoms with Crippen molar-refractivity contribution in [1.82, 2.24) is 0 Å². The summed E-state index contributed by atoms with van der Waals surface area (Å²) in [4.78, 5) is 1.53. The van der Waals surface area contributed by atoms with Crippen molar-refractivity contribution in [2.75, 3.05) is 0 Å². The van der Waals surface area contributed by atoms with Crippen LogP contribution in [0.4, 0.5) is 0 Å². The van der Waals surface area contributed by atoms with Crippen LogP contribution in [-0.2, 0) is 12.8 Å². The summed E-state index contributed by atoms with van der Waals surface area (Å²) in [5, 5.41) is 9.67. The molecule has 1 heteroatoms. The van der Waals surface area contributed by atoms with Crippen LogP contribution in [0.25, 0.3) is 42.4 Å². The maximum atomic E-state index is 2.45. The van der Waals surface area contributed by atoms with E-state index < -0.39 is 0 Å². The van der Waals surface area contributed by atoms with Crippen LogP contribution in [0.15, 0.2) is 60.7 Å². The lowest BCUT2D eigenvalue weighted by Gasteiger charge is -2.09. The lowest BCUT2D eigenvalue weighted by Crippen LogP contribution is -1.86. The van der Waals surface area contributed by atoms with Gasteiger partial charge in [-0.05, 0) is 87.8 Å². The van der Waals surface area contributed by atoms with Gasteiger partial charge in [0.2, 0.25) is 0 Å². The lowest BCUT2D eigenvalue weighted by molar-refractivity contribution is 0.718. The van der Waals surface area contributed by atoms with Crippen LogP contribution in [0.2, 0.25) is 0 Å². The number of thiophene rings is 1. The largest absolute Gasteiger partial charge is 0.140 e. The number of aryl methyl sites for hydroxylation is 2. The van der Waals surface area contributed by atoms with Gasteiger partial charge in [0, 0.05) is 15.0 Å². The van der Waals surface area contributed by atoms with E-state index in [9.17, 15) is 0 Å². The molecule has 4 aromatic carbocycles. The molecule has 0 N–H and O–H groups in total. The normalized spacial score (nSPS) is 11.9. The van der Waals surface area contributed by atoms with E-state index in [1.807, 2.05) is 11.3 Å². The molecule has 0 unspecified atom stereocenters. The Morgan fingerprint density at radius 2 is 1.29 bits per heavy atom. The summed E-state index contributed by atoms with van der Waals surface area (Å²) in [6.45, 7) is 4.55. The third kappa shape index (κ3) is 4.08. The third-order valence-electron chi connectivity index (χ3n) is 6.68. The fourth-order valence-corrected chi connectivity index (χ4v) is 6.04. The molecule has 0 saturated carbocycles. The van der Waals surface area contributed by atoms with Gasteiger partial charge in [-0.2, -0.15) is 0 Å². The predicted molar refractivity (Wildman–Crippen MR) is 141 cm³/mol. The molecule has 0 spiro atoms. The summed E-state index contributed by atoms with van der Waals surface area (Å²) >= 11 is 1.98. The lowest BCUT2D eigenvalue weighted by atomic mass is 9.95. The molecule has 5 rings (SSSR count). The number of hydrogen-bond donors (Lipinski definition) is 0. The quantitative estimate of drug-likeness (QED) is 0.132. The molecule has 31 heavy (non-hydrogen) atoms. The number of unbranched alkanes of at least 4 members (excludes halogenated alkanes) is 4. The van der Waals surface area contributed by atoms with Gasteiger partial charge in [0.15, 0.2) is 0 Å². The van der Waals surface area contributed by atoms with Crippen molar-refractivity contribution < 1.29 is 0 Å². The summed E-state index contributed by atoms with van der Waals surface area (Å²) in [5.74, 6) is 0. The second-order valence-electron chi connectivity index (χ2n) is 9.02. The Balaban J connectivity index is 1.57. The average Bonchev–Trinajstić information content (AvgIpc) is 3.21. The van der Waals surface area contributed by atoms with Gasteiger partial charge in [0.1, 0.15) is 0 Å². The summed E-state index contributed by atoms with van der Waals surface area (Å²) in [6.07, 6.45) is 10.2. The predicted octanol–water partition coefficient (Wildman–Crippen LogP) is 9.83. The van der Waals surface area contributed by atoms with E-state index in [4.69, 9.17) is 0 Å². The summed E-state index contributed by atoms with van der Waals surface area (Å²) in [5.41, 5.74) is 1.47. The molecular formula is C30H32S. The van der Waals surface area contributed by atoms with Crippen LogP contribution in [0, 0.1) is 0 Å². The van der Waals surface area contributed by atoms with Crippen LogP contribution < -0.4 is 0 Å². The van der Waals surface area contributed by atoms with Crippen molar-refractivity contribution in [3.63, 3.8) is 0 Å². The Hall–Kier alpha value is -2.38. The van der Waals surface area contributed by atoms with E-state index in [-0.39, 0.29) is 0 Å². The summed E-state index contributed by atoms with van der Waals surface area (Å²) < 4.78 is 1.43. The maximum absolute atomic E-state index is 2.45. The molecule has 0 saturated heterocycles. The van der Waals surface area contributed by atoms with Gasteiger partial charge in [-0.25, -0.2) is 0 Å². The van der Waals surface area contributed by atoms with Crippen molar-refractivity contribution in [2.24, 2.45) is 0 Å². The van der Waals surface area contributed by atoms with E-state index in [1.54, 1.807) is 0 Å². The maximum Gasteiger partial charge on any atom is 0.0352 e. The van der Waals surface area contributed by atoms with Crippen molar-refractivity contribution in [1.29, 1.82) is 0 Å². The third-order valence-corrected chi connectivity index (χ3v) is 7.84. The minimum Gasteiger partial charge on any atom is -0.140 e. The monoisotopic (exact) mass is 424 g/mol. The van der Waals surface area contributed by atoms with Crippen LogP contribution in [0.1, 0.15) is 62.8 Å². The fourth-order valence-electron chi connectivity index (χ4n) is 4.92. The van der Waals surface area contributed by atoms with E-state index in [0.717, 1.165) is 0 Å². The van der Waals surface area contributed by atoms with Gasteiger partial charge in [-0.3, -0.25) is 0 Å². The molecule has 5 aromatic rings. The summed E-state index contributed by atoms with van der Waals surface area (Å²) in [6, 6.07) is 23.7. The van der Waals surface area contributed by atoms with Crippen molar-refractivity contribution in [2.45, 2.75) is 65.2 Å². The second-order valence-corrected chi connectivity index (χ2v) is 10.2. The Labute approximate surface area is 189 Å². The van der Waals surface area contributed by atoms with Gasteiger partial charge in [0.25, 0.3) is 0 Å². The molecule has 0 radical (unpaired) electrons. The molecule has 0 bridgehead atoms. The Bertz CT molecular complexity index is 1360. The van der Waals surface area contributed by atoms with Crippen LogP contribution >= 0.6 is 11.3 Å². The SMILES string of the molecule is CCCCCc1ccc2cc3c(ccc4c5cc(CCCCC)sc5ccc34)cc2c1. The smallest absolute Gasteiger partial charge is 0.0352 e. The van der Waals surface area contributed by atoms with Crippen molar-refractivity contribution >= 4 is 53.7 Å². The molecule has 0 nitrogen and oxygen atoms in total. The first-order chi connectivity index (χ1) is 15.3. The summed E-state index contributed by atoms with van der Waals surface area (Å²) in [7, 11) is 0. The standard InChI is InChI=1S/C30H32S/c1-3-5-7-9-21-11-12-22-19-28-23(18-24(22)17-21)13-14-27-26(28)15-16-30-29(27)20-25(31-30)10-8-6-4-2/h11-20H,3-10H2,1-2H3. The molecule has 0 fully saturated rings. The van der Waals surface area contributed by atoms with Crippen LogP contribution in [-0.4, -0.2) is 0 Å². The van der Waals surface area contributed by atoms with Crippen molar-refractivity contribution in [3.05, 3.63) is 71.1 Å². The van der Waals surface area contributed by atoms with E-state index in [1.165, 1.54) is 104 Å². The Kier molecular flexibility index (Phi) is 5.96. The zero-order valence-electron chi connectivity index (χ0n) is 18.8. The molecular weight excluding hydrogens is 392 g/mol. The Morgan fingerprint density at radius 3 is 2.13 bits per heavy atom. The zero-order chi connectivity index (χ0) is 21.2. The highest BCUT2D eigenvalue weighted by atomic mass is 32.1. The molecule has 0 aliphatic heterocycles. The molecule has 0 aliphatic carbocycles. The topological polar surface area (TPSA) is 0 Å². The van der Waals surface area contributed by atoms with Crippen molar-refractivity contribution in [3.8, 4) is 0 Å². The van der Waals surface area contributed by atoms with Gasteiger partial charge in [0.05, 0.1) is 0 Å². The zero-order valence-corrected chi connectivity index (χ0v) is 19.7. The number of rotatable bonds is 8. The molecule has 1 heterocycles. The van der Waals surface area contributed by atoms with E-state index in [2.05, 4.69) is 74.5 Å². The number of hydrogen-bond acceptors (Lipinski definition) is 1. The number of benzene rings is 4. The molecule has 0 atom stereocenters. The first-order valence-corrected chi connectivity index (χ1v) is 12.9. The van der Waals surface area contributed by atoms with Crippen LogP contribution in [0.3, 0.4) is 0 Å².